The Morgan fingerprint density at radius 1 is 1.07 bits per heavy atom. The molecule has 0 spiro atoms. The highest BCUT2D eigenvalue weighted by atomic mass is 19.4. The Bertz CT molecular complexity index is 892. The maximum atomic E-state index is 13.5. The normalized spacial score (nSPS) is 21.3. The van der Waals surface area contributed by atoms with Crippen molar-refractivity contribution in [3.8, 4) is 0 Å². The van der Waals surface area contributed by atoms with Gasteiger partial charge in [-0.15, -0.1) is 0 Å². The van der Waals surface area contributed by atoms with Crippen LogP contribution in [0.25, 0.3) is 0 Å². The van der Waals surface area contributed by atoms with Gasteiger partial charge in [0.15, 0.2) is 0 Å². The Hall–Kier alpha value is -2.05. The van der Waals surface area contributed by atoms with Crippen LogP contribution >= 0.6 is 0 Å². The van der Waals surface area contributed by atoms with E-state index in [1.165, 1.54) is 6.07 Å². The van der Waals surface area contributed by atoms with Crippen LogP contribution in [0, 0.1) is 5.92 Å². The highest BCUT2D eigenvalue weighted by Gasteiger charge is 2.44. The molecule has 0 bridgehead atoms. The number of aliphatic hydroxyl groups is 1. The van der Waals surface area contributed by atoms with Crippen molar-refractivity contribution in [2.45, 2.75) is 37.5 Å². The summed E-state index contributed by atoms with van der Waals surface area (Å²) in [6.07, 6.45) is -1.12. The molecule has 1 N–H and O–H groups in total. The van der Waals surface area contributed by atoms with Gasteiger partial charge in [-0.2, -0.15) is 13.2 Å². The lowest BCUT2D eigenvalue weighted by molar-refractivity contribution is -0.137. The molecule has 4 rings (SSSR count). The molecule has 1 atom stereocenters. The maximum Gasteiger partial charge on any atom is 0.416 e. The minimum Gasteiger partial charge on any atom is -0.380 e. The molecule has 156 valence electrons. The van der Waals surface area contributed by atoms with E-state index >= 15 is 0 Å². The highest BCUT2D eigenvalue weighted by molar-refractivity contribution is 5.77. The van der Waals surface area contributed by atoms with Gasteiger partial charge in [0, 0.05) is 29.0 Å². The van der Waals surface area contributed by atoms with Crippen LogP contribution < -0.4 is 4.90 Å². The van der Waals surface area contributed by atoms with Gasteiger partial charge in [0.1, 0.15) is 5.60 Å². The van der Waals surface area contributed by atoms with Gasteiger partial charge in [-0.3, -0.25) is 0 Å². The zero-order valence-corrected chi connectivity index (χ0v) is 16.8. The van der Waals surface area contributed by atoms with E-state index in [2.05, 4.69) is 4.90 Å². The van der Waals surface area contributed by atoms with E-state index in [-0.39, 0.29) is 0 Å². The van der Waals surface area contributed by atoms with E-state index in [4.69, 9.17) is 0 Å². The minimum absolute atomic E-state index is 0.366. The van der Waals surface area contributed by atoms with Crippen LogP contribution in [0.3, 0.4) is 0 Å². The summed E-state index contributed by atoms with van der Waals surface area (Å²) < 4.78 is 40.4. The molecule has 3 nitrogen and oxygen atoms in total. The maximum absolute atomic E-state index is 13.5. The summed E-state index contributed by atoms with van der Waals surface area (Å²) in [5, 5.41) is 11.8. The number of para-hydroxylation sites is 1. The molecule has 0 amide bonds. The van der Waals surface area contributed by atoms with Crippen molar-refractivity contribution in [1.29, 1.82) is 0 Å². The quantitative estimate of drug-likeness (QED) is 0.722. The van der Waals surface area contributed by atoms with Crippen molar-refractivity contribution in [3.63, 3.8) is 0 Å². The first-order valence-corrected chi connectivity index (χ1v) is 10.2. The summed E-state index contributed by atoms with van der Waals surface area (Å²) in [6, 6.07) is 11.4. The molecule has 0 radical (unpaired) electrons. The molecule has 1 unspecified atom stereocenters. The molecule has 2 aliphatic rings. The molecular weight excluding hydrogens is 377 g/mol. The second-order valence-corrected chi connectivity index (χ2v) is 8.57. The van der Waals surface area contributed by atoms with E-state index in [1.807, 2.05) is 43.3 Å². The largest absolute Gasteiger partial charge is 0.416 e. The summed E-state index contributed by atoms with van der Waals surface area (Å²) in [5.74, 6) is 0.554. The Morgan fingerprint density at radius 2 is 1.76 bits per heavy atom. The first-order valence-electron chi connectivity index (χ1n) is 10.2. The number of anilines is 2. The minimum atomic E-state index is -4.45. The highest BCUT2D eigenvalue weighted by Crippen LogP contribution is 2.52. The first-order chi connectivity index (χ1) is 13.7. The van der Waals surface area contributed by atoms with Gasteiger partial charge >= 0.3 is 6.18 Å². The Kier molecular flexibility index (Phi) is 5.11. The zero-order chi connectivity index (χ0) is 20.8. The number of fused-ring (bicyclic) bond motifs is 2. The van der Waals surface area contributed by atoms with Gasteiger partial charge in [-0.25, -0.2) is 0 Å². The number of alkyl halides is 3. The molecule has 2 aromatic carbocycles. The van der Waals surface area contributed by atoms with E-state index in [1.54, 1.807) is 0 Å². The summed E-state index contributed by atoms with van der Waals surface area (Å²) in [7, 11) is 3.90. The third kappa shape index (κ3) is 3.88. The van der Waals surface area contributed by atoms with Crippen molar-refractivity contribution in [1.82, 2.24) is 4.90 Å². The molecule has 1 fully saturated rings. The number of hydrogen-bond donors (Lipinski definition) is 1. The third-order valence-electron chi connectivity index (χ3n) is 5.98. The van der Waals surface area contributed by atoms with Crippen LogP contribution in [0.5, 0.6) is 0 Å². The Balaban J connectivity index is 1.85. The van der Waals surface area contributed by atoms with Crippen molar-refractivity contribution in [3.05, 3.63) is 59.2 Å². The number of hydrogen-bond acceptors (Lipinski definition) is 3. The van der Waals surface area contributed by atoms with E-state index < -0.39 is 17.3 Å². The number of halogens is 3. The van der Waals surface area contributed by atoms with E-state index in [0.29, 0.717) is 35.6 Å². The van der Waals surface area contributed by atoms with E-state index in [0.717, 1.165) is 43.8 Å². The van der Waals surface area contributed by atoms with Gasteiger partial charge in [-0.1, -0.05) is 18.2 Å². The second kappa shape index (κ2) is 7.33. The third-order valence-corrected chi connectivity index (χ3v) is 5.98. The van der Waals surface area contributed by atoms with Crippen LogP contribution in [0.15, 0.2) is 42.5 Å². The fraction of sp³-hybridized carbons (Fsp3) is 0.478. The van der Waals surface area contributed by atoms with Crippen LogP contribution in [0.1, 0.15) is 42.4 Å². The average molecular weight is 404 g/mol. The molecule has 0 aromatic heterocycles. The molecule has 1 aliphatic carbocycles. The fourth-order valence-electron chi connectivity index (χ4n) is 4.29. The van der Waals surface area contributed by atoms with Gasteiger partial charge < -0.3 is 14.9 Å². The summed E-state index contributed by atoms with van der Waals surface area (Å²) in [5.41, 5.74) is 0.503. The number of benzene rings is 2. The van der Waals surface area contributed by atoms with Gasteiger partial charge in [0.2, 0.25) is 0 Å². The molecular formula is C23H27F3N2O. The SMILES string of the molecule is CN(C)CCCC1(O)c2ccccc2N(CC2CC2)c2ccc(C(F)(F)F)cc21. The molecule has 2 aromatic rings. The van der Waals surface area contributed by atoms with Crippen molar-refractivity contribution in [2.24, 2.45) is 5.92 Å². The summed E-state index contributed by atoms with van der Waals surface area (Å²) in [4.78, 5) is 4.12. The van der Waals surface area contributed by atoms with Crippen LogP contribution in [-0.4, -0.2) is 37.2 Å². The Labute approximate surface area is 169 Å². The number of nitrogens with zero attached hydrogens (tertiary/aromatic N) is 2. The molecule has 0 saturated heterocycles. The fourth-order valence-corrected chi connectivity index (χ4v) is 4.29. The molecule has 1 heterocycles. The smallest absolute Gasteiger partial charge is 0.380 e. The lowest BCUT2D eigenvalue weighted by Crippen LogP contribution is -2.38. The Morgan fingerprint density at radius 3 is 2.41 bits per heavy atom. The molecule has 1 aliphatic heterocycles. The lowest BCUT2D eigenvalue weighted by Gasteiger charge is -2.43. The van der Waals surface area contributed by atoms with Crippen molar-refractivity contribution >= 4 is 11.4 Å². The molecule has 29 heavy (non-hydrogen) atoms. The van der Waals surface area contributed by atoms with Crippen LogP contribution in [0.2, 0.25) is 0 Å². The summed E-state index contributed by atoms with van der Waals surface area (Å²) >= 11 is 0. The van der Waals surface area contributed by atoms with Crippen molar-refractivity contribution < 1.29 is 18.3 Å². The predicted molar refractivity (Wildman–Crippen MR) is 108 cm³/mol. The average Bonchev–Trinajstić information content (AvgIpc) is 3.48. The predicted octanol–water partition coefficient (Wildman–Crippen LogP) is 5.14. The summed E-state index contributed by atoms with van der Waals surface area (Å²) in [6.45, 7) is 1.52. The first kappa shape index (κ1) is 20.2. The number of rotatable bonds is 6. The van der Waals surface area contributed by atoms with Gasteiger partial charge in [-0.05, 0) is 76.5 Å². The lowest BCUT2D eigenvalue weighted by atomic mass is 9.77. The van der Waals surface area contributed by atoms with Gasteiger partial charge in [0.05, 0.1) is 5.56 Å². The van der Waals surface area contributed by atoms with Crippen LogP contribution in [0.4, 0.5) is 24.5 Å². The molecule has 6 heteroatoms. The zero-order valence-electron chi connectivity index (χ0n) is 16.8. The standard InChI is InChI=1S/C23H27F3N2O/c1-27(2)13-5-12-22(29)18-6-3-4-7-20(18)28(15-16-8-9-16)21-11-10-17(14-19(21)22)23(24,25)26/h3-4,6-7,10-11,14,16,29H,5,8-9,12-13,15H2,1-2H3. The van der Waals surface area contributed by atoms with E-state index in [9.17, 15) is 18.3 Å². The van der Waals surface area contributed by atoms with Crippen molar-refractivity contribution in [2.75, 3.05) is 32.1 Å². The molecule has 1 saturated carbocycles. The van der Waals surface area contributed by atoms with Crippen LogP contribution in [-0.2, 0) is 11.8 Å². The topological polar surface area (TPSA) is 26.7 Å². The monoisotopic (exact) mass is 404 g/mol. The van der Waals surface area contributed by atoms with Gasteiger partial charge in [0.25, 0.3) is 0 Å². The second-order valence-electron chi connectivity index (χ2n) is 8.57.